The topological polar surface area (TPSA) is 49.3 Å². The molecule has 0 heterocycles. The second-order valence-electron chi connectivity index (χ2n) is 4.41. The van der Waals surface area contributed by atoms with Crippen LogP contribution in [0.15, 0.2) is 22.7 Å². The van der Waals surface area contributed by atoms with Gasteiger partial charge in [0.15, 0.2) is 0 Å². The summed E-state index contributed by atoms with van der Waals surface area (Å²) >= 11 is 3.10. The largest absolute Gasteiger partial charge is 0.480 e. The Hall–Kier alpha value is -1.24. The molecule has 0 aliphatic carbocycles. The predicted molar refractivity (Wildman–Crippen MR) is 73.7 cm³/mol. The van der Waals surface area contributed by atoms with Crippen LogP contribution in [0.2, 0.25) is 0 Å². The molecule has 0 saturated carbocycles. The Morgan fingerprint density at radius 1 is 1.30 bits per heavy atom. The summed E-state index contributed by atoms with van der Waals surface area (Å²) in [6.45, 7) is 3.24. The van der Waals surface area contributed by atoms with Gasteiger partial charge in [-0.3, -0.25) is 0 Å². The number of benzene rings is 1. The van der Waals surface area contributed by atoms with Crippen molar-refractivity contribution in [3.63, 3.8) is 0 Å². The molecule has 0 atom stereocenters. The quantitative estimate of drug-likeness (QED) is 0.817. The van der Waals surface area contributed by atoms with Crippen molar-refractivity contribution in [3.8, 4) is 0 Å². The van der Waals surface area contributed by atoms with Crippen LogP contribution in [-0.2, 0) is 11.0 Å². The van der Waals surface area contributed by atoms with Crippen molar-refractivity contribution < 1.29 is 23.1 Å². The summed E-state index contributed by atoms with van der Waals surface area (Å²) in [6, 6.07) is 3.44. The van der Waals surface area contributed by atoms with Crippen molar-refractivity contribution >= 4 is 27.6 Å². The number of rotatable bonds is 5. The van der Waals surface area contributed by atoms with E-state index >= 15 is 0 Å². The molecule has 0 fully saturated rings. The van der Waals surface area contributed by atoms with Gasteiger partial charge in [0.1, 0.15) is 5.54 Å². The second kappa shape index (κ2) is 6.03. The maximum atomic E-state index is 13.0. The molecule has 3 nitrogen and oxygen atoms in total. The molecule has 0 unspecified atom stereocenters. The van der Waals surface area contributed by atoms with Crippen LogP contribution >= 0.6 is 15.9 Å². The van der Waals surface area contributed by atoms with Crippen LogP contribution in [0.3, 0.4) is 0 Å². The van der Waals surface area contributed by atoms with E-state index in [2.05, 4.69) is 21.2 Å². The summed E-state index contributed by atoms with van der Waals surface area (Å²) in [6.07, 6.45) is -4.21. The van der Waals surface area contributed by atoms with Crippen molar-refractivity contribution in [1.82, 2.24) is 0 Å². The van der Waals surface area contributed by atoms with E-state index in [0.29, 0.717) is 4.47 Å². The van der Waals surface area contributed by atoms with Gasteiger partial charge in [0.05, 0.1) is 5.56 Å². The number of anilines is 1. The van der Waals surface area contributed by atoms with Gasteiger partial charge in [-0.05, 0) is 31.0 Å². The summed E-state index contributed by atoms with van der Waals surface area (Å²) in [4.78, 5) is 11.4. The van der Waals surface area contributed by atoms with Crippen LogP contribution in [-0.4, -0.2) is 16.6 Å². The minimum Gasteiger partial charge on any atom is -0.480 e. The summed E-state index contributed by atoms with van der Waals surface area (Å²) < 4.78 is 39.3. The minimum absolute atomic E-state index is 0.169. The third-order valence-corrected chi connectivity index (χ3v) is 3.77. The smallest absolute Gasteiger partial charge is 0.418 e. The number of nitrogens with one attached hydrogen (secondary N) is 1. The summed E-state index contributed by atoms with van der Waals surface area (Å²) in [5.74, 6) is -1.17. The first kappa shape index (κ1) is 16.8. The van der Waals surface area contributed by atoms with Gasteiger partial charge in [0.2, 0.25) is 0 Å². The standard InChI is InChI=1S/C13H15BrF3NO2/c1-3-12(4-2,11(19)20)18-10-7-8(14)5-6-9(10)13(15,16)17/h5-7,18H,3-4H2,1-2H3,(H,19,20). The first-order valence-corrected chi connectivity index (χ1v) is 6.84. The SMILES string of the molecule is CCC(CC)(Nc1cc(Br)ccc1C(F)(F)F)C(=O)O. The Kier molecular flexibility index (Phi) is 5.07. The molecule has 0 saturated heterocycles. The van der Waals surface area contributed by atoms with E-state index in [1.807, 2.05) is 0 Å². The number of carboxylic acids is 1. The van der Waals surface area contributed by atoms with Crippen molar-refractivity contribution in [3.05, 3.63) is 28.2 Å². The molecule has 0 spiro atoms. The Balaban J connectivity index is 3.32. The highest BCUT2D eigenvalue weighted by Crippen LogP contribution is 2.38. The van der Waals surface area contributed by atoms with Gasteiger partial charge in [-0.15, -0.1) is 0 Å². The van der Waals surface area contributed by atoms with E-state index in [4.69, 9.17) is 0 Å². The Labute approximate surface area is 123 Å². The molecule has 1 aromatic carbocycles. The predicted octanol–water partition coefficient (Wildman–Crippen LogP) is 4.52. The van der Waals surface area contributed by atoms with Gasteiger partial charge in [0, 0.05) is 10.2 Å². The molecular formula is C13H15BrF3NO2. The highest BCUT2D eigenvalue weighted by Gasteiger charge is 2.39. The van der Waals surface area contributed by atoms with Crippen molar-refractivity contribution in [2.75, 3.05) is 5.32 Å². The Morgan fingerprint density at radius 2 is 1.85 bits per heavy atom. The molecule has 1 aromatic rings. The van der Waals surface area contributed by atoms with E-state index in [9.17, 15) is 23.1 Å². The highest BCUT2D eigenvalue weighted by atomic mass is 79.9. The minimum atomic E-state index is -4.55. The lowest BCUT2D eigenvalue weighted by Crippen LogP contribution is -2.45. The van der Waals surface area contributed by atoms with Gasteiger partial charge in [-0.2, -0.15) is 13.2 Å². The van der Waals surface area contributed by atoms with Crippen LogP contribution in [0.1, 0.15) is 32.3 Å². The molecule has 112 valence electrons. The zero-order chi connectivity index (χ0) is 15.6. The maximum absolute atomic E-state index is 13.0. The number of halogens is 4. The van der Waals surface area contributed by atoms with Crippen molar-refractivity contribution in [1.29, 1.82) is 0 Å². The highest BCUT2D eigenvalue weighted by molar-refractivity contribution is 9.10. The number of carbonyl (C=O) groups is 1. The number of carboxylic acid groups (broad SMARTS) is 1. The monoisotopic (exact) mass is 353 g/mol. The Bertz CT molecular complexity index is 499. The van der Waals surface area contributed by atoms with Gasteiger partial charge in [-0.1, -0.05) is 29.8 Å². The van der Waals surface area contributed by atoms with Crippen molar-refractivity contribution in [2.24, 2.45) is 0 Å². The molecule has 0 bridgehead atoms. The van der Waals surface area contributed by atoms with Crippen LogP contribution < -0.4 is 5.32 Å². The molecule has 7 heteroatoms. The van der Waals surface area contributed by atoms with Crippen LogP contribution in [0, 0.1) is 0 Å². The van der Waals surface area contributed by atoms with Gasteiger partial charge in [-0.25, -0.2) is 4.79 Å². The molecule has 0 amide bonds. The molecule has 0 aliphatic rings. The molecular weight excluding hydrogens is 339 g/mol. The fourth-order valence-electron chi connectivity index (χ4n) is 1.91. The van der Waals surface area contributed by atoms with Crippen LogP contribution in [0.25, 0.3) is 0 Å². The average Bonchev–Trinajstić information content (AvgIpc) is 2.34. The third kappa shape index (κ3) is 3.45. The van der Waals surface area contributed by atoms with Gasteiger partial charge < -0.3 is 10.4 Å². The lowest BCUT2D eigenvalue weighted by molar-refractivity contribution is -0.143. The molecule has 0 radical (unpaired) electrons. The number of hydrogen-bond donors (Lipinski definition) is 2. The summed E-state index contributed by atoms with van der Waals surface area (Å²) in [5.41, 5.74) is -2.54. The van der Waals surface area contributed by atoms with Gasteiger partial charge >= 0.3 is 12.1 Å². The molecule has 0 aliphatic heterocycles. The lowest BCUT2D eigenvalue weighted by atomic mass is 9.92. The number of alkyl halides is 3. The van der Waals surface area contributed by atoms with Gasteiger partial charge in [0.25, 0.3) is 0 Å². The molecule has 1 rings (SSSR count). The van der Waals surface area contributed by atoms with Crippen LogP contribution in [0.5, 0.6) is 0 Å². The first-order valence-electron chi connectivity index (χ1n) is 6.04. The van der Waals surface area contributed by atoms with E-state index < -0.39 is 23.2 Å². The Morgan fingerprint density at radius 3 is 2.25 bits per heavy atom. The van der Waals surface area contributed by atoms with E-state index in [1.54, 1.807) is 13.8 Å². The van der Waals surface area contributed by atoms with Crippen molar-refractivity contribution in [2.45, 2.75) is 38.4 Å². The lowest BCUT2D eigenvalue weighted by Gasteiger charge is -2.30. The zero-order valence-electron chi connectivity index (χ0n) is 11.0. The average molecular weight is 354 g/mol. The fraction of sp³-hybridized carbons (Fsp3) is 0.462. The number of aliphatic carboxylic acids is 1. The third-order valence-electron chi connectivity index (χ3n) is 3.28. The second-order valence-corrected chi connectivity index (χ2v) is 5.32. The fourth-order valence-corrected chi connectivity index (χ4v) is 2.27. The van der Waals surface area contributed by atoms with E-state index in [0.717, 1.165) is 6.07 Å². The first-order chi connectivity index (χ1) is 9.16. The summed E-state index contributed by atoms with van der Waals surface area (Å²) in [7, 11) is 0. The normalized spacial score (nSPS) is 12.3. The zero-order valence-corrected chi connectivity index (χ0v) is 12.6. The maximum Gasteiger partial charge on any atom is 0.418 e. The van der Waals surface area contributed by atoms with E-state index in [1.165, 1.54) is 12.1 Å². The molecule has 0 aromatic heterocycles. The molecule has 20 heavy (non-hydrogen) atoms. The molecule has 2 N–H and O–H groups in total. The summed E-state index contributed by atoms with van der Waals surface area (Å²) in [5, 5.41) is 11.9. The van der Waals surface area contributed by atoms with Crippen LogP contribution in [0.4, 0.5) is 18.9 Å². The number of hydrogen-bond acceptors (Lipinski definition) is 2. The van der Waals surface area contributed by atoms with E-state index in [-0.39, 0.29) is 18.5 Å².